The van der Waals surface area contributed by atoms with E-state index >= 15 is 0 Å². The third kappa shape index (κ3) is 5.19. The molecule has 2 nitrogen and oxygen atoms in total. The molecule has 0 aromatic carbocycles. The average Bonchev–Trinajstić information content (AvgIpc) is 2.28. The summed E-state index contributed by atoms with van der Waals surface area (Å²) in [4.78, 5) is 4.36. The van der Waals surface area contributed by atoms with E-state index in [1.807, 2.05) is 24.0 Å². The summed E-state index contributed by atoms with van der Waals surface area (Å²) in [5.41, 5.74) is 1.18. The predicted octanol–water partition coefficient (Wildman–Crippen LogP) is 2.36. The molecule has 0 radical (unpaired) electrons. The van der Waals surface area contributed by atoms with Gasteiger partial charge in [-0.1, -0.05) is 13.0 Å². The van der Waals surface area contributed by atoms with Crippen LogP contribution in [0.2, 0.25) is 0 Å². The summed E-state index contributed by atoms with van der Waals surface area (Å²) in [6.45, 7) is 3.29. The normalized spacial score (nSPS) is 12.7. The van der Waals surface area contributed by atoms with Crippen LogP contribution < -0.4 is 5.32 Å². The van der Waals surface area contributed by atoms with Gasteiger partial charge in [0.15, 0.2) is 0 Å². The van der Waals surface area contributed by atoms with Crippen molar-refractivity contribution in [3.05, 3.63) is 30.1 Å². The summed E-state index contributed by atoms with van der Waals surface area (Å²) < 4.78 is 0. The van der Waals surface area contributed by atoms with Crippen LogP contribution in [0.25, 0.3) is 0 Å². The monoisotopic (exact) mass is 224 g/mol. The first-order valence-corrected chi connectivity index (χ1v) is 6.88. The van der Waals surface area contributed by atoms with Crippen molar-refractivity contribution in [2.75, 3.05) is 18.6 Å². The van der Waals surface area contributed by atoms with Crippen molar-refractivity contribution in [3.63, 3.8) is 0 Å². The van der Waals surface area contributed by atoms with Gasteiger partial charge in [-0.15, -0.1) is 0 Å². The molecule has 15 heavy (non-hydrogen) atoms. The maximum atomic E-state index is 4.36. The number of nitrogens with one attached hydrogen (secondary N) is 1. The minimum Gasteiger partial charge on any atom is -0.313 e. The Balaban J connectivity index is 2.43. The second-order valence-corrected chi connectivity index (χ2v) is 4.54. The zero-order valence-corrected chi connectivity index (χ0v) is 10.4. The highest BCUT2D eigenvalue weighted by Crippen LogP contribution is 2.04. The fourth-order valence-electron chi connectivity index (χ4n) is 1.51. The third-order valence-corrected chi connectivity index (χ3v) is 2.97. The van der Waals surface area contributed by atoms with E-state index in [1.54, 1.807) is 0 Å². The van der Waals surface area contributed by atoms with Crippen LogP contribution >= 0.6 is 11.8 Å². The van der Waals surface area contributed by atoms with Crippen LogP contribution in [-0.2, 0) is 6.42 Å². The standard InChI is InChI=1S/C12H20N2S/c1-3-7-13-12(10-15-2)9-11-6-4-5-8-14-11/h4-6,8,12-13H,3,7,9-10H2,1-2H3. The van der Waals surface area contributed by atoms with Crippen molar-refractivity contribution in [1.82, 2.24) is 10.3 Å². The van der Waals surface area contributed by atoms with Gasteiger partial charge < -0.3 is 5.32 Å². The Kier molecular flexibility index (Phi) is 6.44. The molecule has 0 fully saturated rings. The zero-order chi connectivity index (χ0) is 10.9. The number of hydrogen-bond donors (Lipinski definition) is 1. The Morgan fingerprint density at radius 1 is 1.47 bits per heavy atom. The highest BCUT2D eigenvalue weighted by molar-refractivity contribution is 7.98. The lowest BCUT2D eigenvalue weighted by Gasteiger charge is -2.16. The first-order valence-electron chi connectivity index (χ1n) is 5.49. The van der Waals surface area contributed by atoms with Gasteiger partial charge in [0.2, 0.25) is 0 Å². The van der Waals surface area contributed by atoms with E-state index in [1.165, 1.54) is 12.1 Å². The number of rotatable bonds is 7. The predicted molar refractivity (Wildman–Crippen MR) is 68.4 cm³/mol. The Morgan fingerprint density at radius 3 is 2.93 bits per heavy atom. The molecule has 0 amide bonds. The maximum absolute atomic E-state index is 4.36. The van der Waals surface area contributed by atoms with E-state index in [9.17, 15) is 0 Å². The molecule has 0 aliphatic carbocycles. The fourth-order valence-corrected chi connectivity index (χ4v) is 2.15. The van der Waals surface area contributed by atoms with Crippen molar-refractivity contribution < 1.29 is 0 Å². The van der Waals surface area contributed by atoms with E-state index in [0.29, 0.717) is 6.04 Å². The summed E-state index contributed by atoms with van der Waals surface area (Å²) in [6.07, 6.45) is 6.24. The highest BCUT2D eigenvalue weighted by Gasteiger charge is 2.08. The molecule has 1 heterocycles. The van der Waals surface area contributed by atoms with Crippen molar-refractivity contribution >= 4 is 11.8 Å². The molecule has 1 aromatic rings. The Morgan fingerprint density at radius 2 is 2.33 bits per heavy atom. The minimum absolute atomic E-state index is 0.551. The molecular weight excluding hydrogens is 204 g/mol. The summed E-state index contributed by atoms with van der Waals surface area (Å²) in [6, 6.07) is 6.67. The van der Waals surface area contributed by atoms with Gasteiger partial charge in [-0.2, -0.15) is 11.8 Å². The van der Waals surface area contributed by atoms with Crippen LogP contribution in [0.3, 0.4) is 0 Å². The molecular formula is C12H20N2S. The maximum Gasteiger partial charge on any atom is 0.0419 e. The molecule has 1 N–H and O–H groups in total. The number of aromatic nitrogens is 1. The van der Waals surface area contributed by atoms with Crippen LogP contribution in [0.5, 0.6) is 0 Å². The SMILES string of the molecule is CCCNC(CSC)Cc1ccccn1. The molecule has 1 aromatic heterocycles. The summed E-state index contributed by atoms with van der Waals surface area (Å²) in [7, 11) is 0. The van der Waals surface area contributed by atoms with Crippen LogP contribution in [0.4, 0.5) is 0 Å². The Bertz CT molecular complexity index is 251. The van der Waals surface area contributed by atoms with E-state index in [2.05, 4.69) is 35.6 Å². The van der Waals surface area contributed by atoms with Gasteiger partial charge in [-0.05, 0) is 31.4 Å². The van der Waals surface area contributed by atoms with Crippen LogP contribution in [0.15, 0.2) is 24.4 Å². The molecule has 0 saturated heterocycles. The van der Waals surface area contributed by atoms with Gasteiger partial charge in [-0.3, -0.25) is 4.98 Å². The Labute approximate surface area is 96.9 Å². The van der Waals surface area contributed by atoms with E-state index in [-0.39, 0.29) is 0 Å². The molecule has 0 bridgehead atoms. The van der Waals surface area contributed by atoms with Gasteiger partial charge in [0.25, 0.3) is 0 Å². The smallest absolute Gasteiger partial charge is 0.0419 e. The van der Waals surface area contributed by atoms with Gasteiger partial charge in [-0.25, -0.2) is 0 Å². The average molecular weight is 224 g/mol. The Hall–Kier alpha value is -0.540. The molecule has 3 heteroatoms. The highest BCUT2D eigenvalue weighted by atomic mass is 32.2. The molecule has 84 valence electrons. The lowest BCUT2D eigenvalue weighted by atomic mass is 10.1. The second-order valence-electron chi connectivity index (χ2n) is 3.63. The van der Waals surface area contributed by atoms with Crippen molar-refractivity contribution in [1.29, 1.82) is 0 Å². The van der Waals surface area contributed by atoms with E-state index < -0.39 is 0 Å². The molecule has 0 aliphatic heterocycles. The first-order chi connectivity index (χ1) is 7.36. The molecule has 0 saturated carbocycles. The van der Waals surface area contributed by atoms with E-state index in [4.69, 9.17) is 0 Å². The quantitative estimate of drug-likeness (QED) is 0.769. The second kappa shape index (κ2) is 7.71. The van der Waals surface area contributed by atoms with Gasteiger partial charge in [0, 0.05) is 30.1 Å². The van der Waals surface area contributed by atoms with Crippen molar-refractivity contribution in [2.45, 2.75) is 25.8 Å². The zero-order valence-electron chi connectivity index (χ0n) is 9.57. The van der Waals surface area contributed by atoms with Crippen molar-refractivity contribution in [2.24, 2.45) is 0 Å². The number of pyridine rings is 1. The third-order valence-electron chi connectivity index (χ3n) is 2.23. The topological polar surface area (TPSA) is 24.9 Å². The summed E-state index contributed by atoms with van der Waals surface area (Å²) in [5, 5.41) is 3.56. The first kappa shape index (κ1) is 12.5. The van der Waals surface area contributed by atoms with Crippen LogP contribution in [-0.4, -0.2) is 29.6 Å². The minimum atomic E-state index is 0.551. The van der Waals surface area contributed by atoms with Crippen LogP contribution in [0.1, 0.15) is 19.0 Å². The van der Waals surface area contributed by atoms with E-state index in [0.717, 1.165) is 18.7 Å². The molecule has 1 unspecified atom stereocenters. The molecule has 1 rings (SSSR count). The number of hydrogen-bond acceptors (Lipinski definition) is 3. The largest absolute Gasteiger partial charge is 0.313 e. The summed E-state index contributed by atoms with van der Waals surface area (Å²) in [5.74, 6) is 1.15. The number of nitrogens with zero attached hydrogens (tertiary/aromatic N) is 1. The fraction of sp³-hybridized carbons (Fsp3) is 0.583. The lowest BCUT2D eigenvalue weighted by Crippen LogP contribution is -2.34. The van der Waals surface area contributed by atoms with Gasteiger partial charge >= 0.3 is 0 Å². The van der Waals surface area contributed by atoms with Gasteiger partial charge in [0.1, 0.15) is 0 Å². The summed E-state index contributed by atoms with van der Waals surface area (Å²) >= 11 is 1.89. The molecule has 0 aliphatic rings. The lowest BCUT2D eigenvalue weighted by molar-refractivity contribution is 0.545. The molecule has 0 spiro atoms. The van der Waals surface area contributed by atoms with Crippen molar-refractivity contribution in [3.8, 4) is 0 Å². The molecule has 1 atom stereocenters. The van der Waals surface area contributed by atoms with Crippen LogP contribution in [0, 0.1) is 0 Å². The van der Waals surface area contributed by atoms with Gasteiger partial charge in [0.05, 0.1) is 0 Å². The number of thioether (sulfide) groups is 1.